The molecule has 0 aliphatic carbocycles. The first-order valence-corrected chi connectivity index (χ1v) is 6.80. The number of rotatable bonds is 3. The van der Waals surface area contributed by atoms with Crippen molar-refractivity contribution < 1.29 is 9.26 Å². The molecule has 1 aromatic heterocycles. The highest BCUT2D eigenvalue weighted by Crippen LogP contribution is 2.32. The Labute approximate surface area is 127 Å². The number of ether oxygens (including phenoxy) is 1. The number of benzene rings is 2. The zero-order valence-corrected chi connectivity index (χ0v) is 12.4. The number of aromatic nitrogens is 2. The molecule has 106 valence electrons. The van der Waals surface area contributed by atoms with Gasteiger partial charge in [-0.3, -0.25) is 0 Å². The second-order valence-electron chi connectivity index (χ2n) is 4.64. The molecular formula is C16H13ClN2O2. The van der Waals surface area contributed by atoms with Crippen molar-refractivity contribution >= 4 is 11.6 Å². The maximum absolute atomic E-state index is 6.03. The van der Waals surface area contributed by atoms with Crippen molar-refractivity contribution in [3.8, 4) is 28.6 Å². The van der Waals surface area contributed by atoms with Gasteiger partial charge in [-0.1, -0.05) is 34.5 Å². The maximum Gasteiger partial charge on any atom is 0.258 e. The molecule has 4 nitrogen and oxygen atoms in total. The molecule has 0 saturated carbocycles. The van der Waals surface area contributed by atoms with Crippen molar-refractivity contribution in [2.24, 2.45) is 0 Å². The SMILES string of the molecule is COc1ccc(Cl)cc1-c1noc(-c2cccc(C)c2)n1. The lowest BCUT2D eigenvalue weighted by molar-refractivity contribution is 0.413. The predicted molar refractivity (Wildman–Crippen MR) is 81.5 cm³/mol. The fourth-order valence-electron chi connectivity index (χ4n) is 2.08. The van der Waals surface area contributed by atoms with Crippen molar-refractivity contribution in [3.63, 3.8) is 0 Å². The highest BCUT2D eigenvalue weighted by atomic mass is 35.5. The van der Waals surface area contributed by atoms with E-state index in [9.17, 15) is 0 Å². The summed E-state index contributed by atoms with van der Waals surface area (Å²) < 4.78 is 10.6. The number of halogens is 1. The minimum atomic E-state index is 0.450. The number of hydrogen-bond acceptors (Lipinski definition) is 4. The van der Waals surface area contributed by atoms with Gasteiger partial charge in [0.1, 0.15) is 5.75 Å². The molecule has 21 heavy (non-hydrogen) atoms. The van der Waals surface area contributed by atoms with Gasteiger partial charge in [0.05, 0.1) is 12.7 Å². The van der Waals surface area contributed by atoms with Gasteiger partial charge in [-0.25, -0.2) is 0 Å². The molecule has 0 aliphatic heterocycles. The molecule has 5 heteroatoms. The fourth-order valence-corrected chi connectivity index (χ4v) is 2.26. The summed E-state index contributed by atoms with van der Waals surface area (Å²) in [6, 6.07) is 13.2. The molecule has 0 atom stereocenters. The van der Waals surface area contributed by atoms with E-state index in [1.807, 2.05) is 31.2 Å². The van der Waals surface area contributed by atoms with Crippen LogP contribution in [-0.4, -0.2) is 17.3 Å². The molecular weight excluding hydrogens is 288 g/mol. The van der Waals surface area contributed by atoms with Crippen LogP contribution in [0.3, 0.4) is 0 Å². The summed E-state index contributed by atoms with van der Waals surface area (Å²) in [7, 11) is 1.59. The molecule has 3 rings (SSSR count). The van der Waals surface area contributed by atoms with Gasteiger partial charge in [-0.15, -0.1) is 0 Å². The van der Waals surface area contributed by atoms with Gasteiger partial charge in [-0.2, -0.15) is 4.98 Å². The Morgan fingerprint density at radius 1 is 1.14 bits per heavy atom. The molecule has 0 unspecified atom stereocenters. The van der Waals surface area contributed by atoms with Gasteiger partial charge in [0, 0.05) is 10.6 Å². The molecule has 1 heterocycles. The van der Waals surface area contributed by atoms with E-state index in [2.05, 4.69) is 10.1 Å². The molecule has 0 saturated heterocycles. The monoisotopic (exact) mass is 300 g/mol. The minimum Gasteiger partial charge on any atom is -0.496 e. The lowest BCUT2D eigenvalue weighted by atomic mass is 10.1. The Balaban J connectivity index is 2.04. The molecule has 0 radical (unpaired) electrons. The van der Waals surface area contributed by atoms with Crippen LogP contribution in [0.15, 0.2) is 47.0 Å². The van der Waals surface area contributed by atoms with Crippen molar-refractivity contribution in [3.05, 3.63) is 53.1 Å². The van der Waals surface area contributed by atoms with Crippen LogP contribution in [0.2, 0.25) is 5.02 Å². The molecule has 0 bridgehead atoms. The zero-order chi connectivity index (χ0) is 14.8. The first-order chi connectivity index (χ1) is 10.2. The van der Waals surface area contributed by atoms with E-state index in [0.717, 1.165) is 11.1 Å². The Morgan fingerprint density at radius 3 is 2.76 bits per heavy atom. The number of nitrogens with zero attached hydrogens (tertiary/aromatic N) is 2. The third-order valence-corrected chi connectivity index (χ3v) is 3.33. The summed E-state index contributed by atoms with van der Waals surface area (Å²) >= 11 is 6.03. The van der Waals surface area contributed by atoms with Crippen LogP contribution in [0.1, 0.15) is 5.56 Å². The largest absolute Gasteiger partial charge is 0.496 e. The summed E-state index contributed by atoms with van der Waals surface area (Å²) in [5.41, 5.74) is 2.72. The lowest BCUT2D eigenvalue weighted by Gasteiger charge is -2.04. The molecule has 0 fully saturated rings. The second-order valence-corrected chi connectivity index (χ2v) is 5.07. The van der Waals surface area contributed by atoms with Gasteiger partial charge in [0.2, 0.25) is 5.82 Å². The first kappa shape index (κ1) is 13.6. The molecule has 0 aliphatic rings. The standard InChI is InChI=1S/C16H13ClN2O2/c1-10-4-3-5-11(8-10)16-18-15(19-21-16)13-9-12(17)6-7-14(13)20-2/h3-9H,1-2H3. The fraction of sp³-hybridized carbons (Fsp3) is 0.125. The zero-order valence-electron chi connectivity index (χ0n) is 11.6. The molecule has 0 spiro atoms. The van der Waals surface area contributed by atoms with E-state index in [1.165, 1.54) is 0 Å². The van der Waals surface area contributed by atoms with Crippen molar-refractivity contribution in [1.29, 1.82) is 0 Å². The van der Waals surface area contributed by atoms with Crippen LogP contribution in [0, 0.1) is 6.92 Å². The number of methoxy groups -OCH3 is 1. The van der Waals surface area contributed by atoms with E-state index in [-0.39, 0.29) is 0 Å². The van der Waals surface area contributed by atoms with Crippen molar-refractivity contribution in [2.75, 3.05) is 7.11 Å². The molecule has 3 aromatic rings. The highest BCUT2D eigenvalue weighted by Gasteiger charge is 2.15. The minimum absolute atomic E-state index is 0.450. The summed E-state index contributed by atoms with van der Waals surface area (Å²) in [5, 5.41) is 4.61. The Morgan fingerprint density at radius 2 is 2.00 bits per heavy atom. The molecule has 0 amide bonds. The second kappa shape index (κ2) is 5.58. The van der Waals surface area contributed by atoms with Crippen molar-refractivity contribution in [2.45, 2.75) is 6.92 Å². The van der Waals surface area contributed by atoms with E-state index in [1.54, 1.807) is 25.3 Å². The van der Waals surface area contributed by atoms with Crippen LogP contribution in [0.5, 0.6) is 5.75 Å². The highest BCUT2D eigenvalue weighted by molar-refractivity contribution is 6.30. The van der Waals surface area contributed by atoms with Crippen LogP contribution >= 0.6 is 11.6 Å². The normalized spacial score (nSPS) is 10.6. The average molecular weight is 301 g/mol. The Bertz CT molecular complexity index is 783. The maximum atomic E-state index is 6.03. The summed E-state index contributed by atoms with van der Waals surface area (Å²) in [6.45, 7) is 2.01. The number of hydrogen-bond donors (Lipinski definition) is 0. The van der Waals surface area contributed by atoms with Gasteiger partial charge < -0.3 is 9.26 Å². The van der Waals surface area contributed by atoms with Crippen LogP contribution in [0.4, 0.5) is 0 Å². The predicted octanol–water partition coefficient (Wildman–Crippen LogP) is 4.37. The third-order valence-electron chi connectivity index (χ3n) is 3.09. The summed E-state index contributed by atoms with van der Waals surface area (Å²) in [6.07, 6.45) is 0. The van der Waals surface area contributed by atoms with Gasteiger partial charge >= 0.3 is 0 Å². The van der Waals surface area contributed by atoms with Gasteiger partial charge in [-0.05, 0) is 37.3 Å². The summed E-state index contributed by atoms with van der Waals surface area (Å²) in [5.74, 6) is 1.57. The van der Waals surface area contributed by atoms with Crippen LogP contribution < -0.4 is 4.74 Å². The lowest BCUT2D eigenvalue weighted by Crippen LogP contribution is -1.89. The third kappa shape index (κ3) is 2.76. The molecule has 0 N–H and O–H groups in total. The van der Waals surface area contributed by atoms with E-state index < -0.39 is 0 Å². The average Bonchev–Trinajstić information content (AvgIpc) is 2.97. The van der Waals surface area contributed by atoms with Gasteiger partial charge in [0.15, 0.2) is 0 Å². The van der Waals surface area contributed by atoms with E-state index in [0.29, 0.717) is 28.1 Å². The number of aryl methyl sites for hydroxylation is 1. The first-order valence-electron chi connectivity index (χ1n) is 6.42. The Hall–Kier alpha value is -2.33. The van der Waals surface area contributed by atoms with Crippen LogP contribution in [-0.2, 0) is 0 Å². The smallest absolute Gasteiger partial charge is 0.258 e. The van der Waals surface area contributed by atoms with E-state index in [4.69, 9.17) is 20.9 Å². The van der Waals surface area contributed by atoms with Gasteiger partial charge in [0.25, 0.3) is 5.89 Å². The van der Waals surface area contributed by atoms with E-state index >= 15 is 0 Å². The summed E-state index contributed by atoms with van der Waals surface area (Å²) in [4.78, 5) is 4.43. The van der Waals surface area contributed by atoms with Crippen LogP contribution in [0.25, 0.3) is 22.8 Å². The Kier molecular flexibility index (Phi) is 3.62. The topological polar surface area (TPSA) is 48.2 Å². The quantitative estimate of drug-likeness (QED) is 0.720. The van der Waals surface area contributed by atoms with Crippen molar-refractivity contribution in [1.82, 2.24) is 10.1 Å². The molecule has 2 aromatic carbocycles.